The van der Waals surface area contributed by atoms with Crippen LogP contribution in [0.3, 0.4) is 0 Å². The maximum atomic E-state index is 12.5. The second-order valence-corrected chi connectivity index (χ2v) is 12.1. The summed E-state index contributed by atoms with van der Waals surface area (Å²) < 4.78 is 11.0. The van der Waals surface area contributed by atoms with Crippen molar-refractivity contribution in [2.24, 2.45) is 17.8 Å². The van der Waals surface area contributed by atoms with Crippen molar-refractivity contribution in [2.75, 3.05) is 13.2 Å². The van der Waals surface area contributed by atoms with E-state index in [1.54, 1.807) is 12.1 Å². The molecule has 0 aliphatic heterocycles. The average molecular weight is 575 g/mol. The number of rotatable bonds is 12. The molecule has 42 heavy (non-hydrogen) atoms. The van der Waals surface area contributed by atoms with Gasteiger partial charge in [-0.25, -0.2) is 9.59 Å². The third kappa shape index (κ3) is 8.20. The topological polar surface area (TPSA) is 93.1 Å². The first-order chi connectivity index (χ1) is 20.3. The van der Waals surface area contributed by atoms with Gasteiger partial charge in [0.1, 0.15) is 11.5 Å². The zero-order valence-electron chi connectivity index (χ0n) is 25.0. The zero-order chi connectivity index (χ0) is 30.1. The largest absolute Gasteiger partial charge is 0.423 e. The van der Waals surface area contributed by atoms with Gasteiger partial charge in [-0.05, 0) is 103 Å². The summed E-state index contributed by atoms with van der Waals surface area (Å²) in [6.45, 7) is 8.51. The molecule has 0 heterocycles. The normalized spacial score (nSPS) is 22.3. The molecule has 0 bridgehead atoms. The molecule has 226 valence electrons. The van der Waals surface area contributed by atoms with Crippen LogP contribution in [0.15, 0.2) is 66.8 Å². The summed E-state index contributed by atoms with van der Waals surface area (Å²) in [7, 11) is 0. The molecule has 0 atom stereocenters. The van der Waals surface area contributed by atoms with Crippen LogP contribution in [0.1, 0.15) is 89.0 Å². The van der Waals surface area contributed by atoms with Crippen LogP contribution in [0.4, 0.5) is 0 Å². The Morgan fingerprint density at radius 2 is 1.31 bits per heavy atom. The number of hydrogen-bond acceptors (Lipinski definition) is 6. The van der Waals surface area contributed by atoms with E-state index < -0.39 is 25.2 Å². The Balaban J connectivity index is 1.47. The van der Waals surface area contributed by atoms with Crippen LogP contribution >= 0.6 is 0 Å². The minimum Gasteiger partial charge on any atom is -0.423 e. The lowest BCUT2D eigenvalue weighted by molar-refractivity contribution is -0.131. The molecule has 2 aliphatic rings. The Bertz CT molecular complexity index is 1230. The van der Waals surface area contributed by atoms with Gasteiger partial charge in [0.15, 0.2) is 0 Å². The summed E-state index contributed by atoms with van der Waals surface area (Å²) in [6.07, 6.45) is 14.0. The Kier molecular flexibility index (Phi) is 11.6. The van der Waals surface area contributed by atoms with E-state index in [-0.39, 0.29) is 17.1 Å². The van der Waals surface area contributed by atoms with Gasteiger partial charge in [-0.3, -0.25) is 0 Å². The first-order valence-electron chi connectivity index (χ1n) is 15.6. The molecular formula is C36H46O6. The van der Waals surface area contributed by atoms with E-state index in [1.807, 2.05) is 24.3 Å². The molecule has 2 saturated carbocycles. The summed E-state index contributed by atoms with van der Waals surface area (Å²) in [4.78, 5) is 24.5. The fourth-order valence-electron chi connectivity index (χ4n) is 6.68. The van der Waals surface area contributed by atoms with Crippen molar-refractivity contribution in [1.29, 1.82) is 0 Å². The molecule has 0 radical (unpaired) electrons. The van der Waals surface area contributed by atoms with Crippen molar-refractivity contribution >= 4 is 11.9 Å². The third-order valence-corrected chi connectivity index (χ3v) is 9.31. The number of aliphatic hydroxyl groups excluding tert-OH is 2. The van der Waals surface area contributed by atoms with Gasteiger partial charge in [-0.15, -0.1) is 0 Å². The molecule has 2 aromatic rings. The minimum atomic E-state index is -0.664. The summed E-state index contributed by atoms with van der Waals surface area (Å²) in [5, 5.41) is 18.5. The lowest BCUT2D eigenvalue weighted by Gasteiger charge is -2.38. The molecule has 0 amide bonds. The van der Waals surface area contributed by atoms with Crippen molar-refractivity contribution < 1.29 is 29.3 Å². The van der Waals surface area contributed by atoms with Crippen LogP contribution in [-0.4, -0.2) is 35.4 Å². The van der Waals surface area contributed by atoms with Gasteiger partial charge in [-0.1, -0.05) is 70.4 Å². The van der Waals surface area contributed by atoms with Crippen LogP contribution < -0.4 is 9.47 Å². The maximum absolute atomic E-state index is 12.5. The van der Waals surface area contributed by atoms with Crippen LogP contribution in [0.5, 0.6) is 11.5 Å². The number of esters is 2. The van der Waals surface area contributed by atoms with Gasteiger partial charge in [0.25, 0.3) is 0 Å². The van der Waals surface area contributed by atoms with Crippen LogP contribution in [0, 0.1) is 17.8 Å². The first-order valence-corrected chi connectivity index (χ1v) is 15.6. The van der Waals surface area contributed by atoms with E-state index in [2.05, 4.69) is 26.1 Å². The van der Waals surface area contributed by atoms with E-state index in [1.165, 1.54) is 57.8 Å². The quantitative estimate of drug-likeness (QED) is 0.155. The summed E-state index contributed by atoms with van der Waals surface area (Å²) in [5.41, 5.74) is 2.92. The van der Waals surface area contributed by atoms with E-state index in [9.17, 15) is 14.7 Å². The molecule has 0 aromatic heterocycles. The van der Waals surface area contributed by atoms with Gasteiger partial charge in [0.05, 0.1) is 24.4 Å². The number of benzene rings is 2. The van der Waals surface area contributed by atoms with E-state index >= 15 is 0 Å². The SMILES string of the molecule is C=C(CO)C(=O)Oc1ccc(-c2ccc(OC(=O)C(=C)CO)c(C3CCC(C4CCC(CCCC)CC4)CC3)c2)cc1. The number of unbranched alkanes of at least 4 members (excludes halogenated alkanes) is 1. The van der Waals surface area contributed by atoms with E-state index in [4.69, 9.17) is 14.6 Å². The fraction of sp³-hybridized carbons (Fsp3) is 0.500. The summed E-state index contributed by atoms with van der Waals surface area (Å²) in [6, 6.07) is 13.0. The molecule has 2 aromatic carbocycles. The molecule has 6 heteroatoms. The van der Waals surface area contributed by atoms with Crippen LogP contribution in [-0.2, 0) is 9.59 Å². The molecular weight excluding hydrogens is 528 g/mol. The monoisotopic (exact) mass is 574 g/mol. The predicted molar refractivity (Wildman–Crippen MR) is 165 cm³/mol. The average Bonchev–Trinajstić information content (AvgIpc) is 3.03. The second-order valence-electron chi connectivity index (χ2n) is 12.1. The molecule has 0 spiro atoms. The molecule has 2 fully saturated rings. The van der Waals surface area contributed by atoms with Crippen molar-refractivity contribution in [3.63, 3.8) is 0 Å². The van der Waals surface area contributed by atoms with Crippen molar-refractivity contribution in [1.82, 2.24) is 0 Å². The van der Waals surface area contributed by atoms with Gasteiger partial charge < -0.3 is 19.7 Å². The standard InChI is InChI=1S/C36H46O6/c1-4-5-6-26-7-9-27(10-8-26)28-11-13-30(14-12-28)33-21-31(17-20-34(33)42-36(40)25(3)23-38)29-15-18-32(19-16-29)41-35(39)24(2)22-37/h15-21,26-28,30,37-38H,2-14,22-23H2,1H3. The first kappa shape index (κ1) is 31.7. The Labute approximate surface area is 250 Å². The third-order valence-electron chi connectivity index (χ3n) is 9.31. The van der Waals surface area contributed by atoms with E-state index in [0.717, 1.165) is 47.3 Å². The zero-order valence-corrected chi connectivity index (χ0v) is 25.0. The highest BCUT2D eigenvalue weighted by atomic mass is 16.5. The summed E-state index contributed by atoms with van der Waals surface area (Å²) in [5.74, 6) is 2.41. The molecule has 0 unspecified atom stereocenters. The minimum absolute atomic E-state index is 0.00731. The lowest BCUT2D eigenvalue weighted by atomic mass is 9.68. The molecule has 2 N–H and O–H groups in total. The smallest absolute Gasteiger partial charge is 0.341 e. The highest BCUT2D eigenvalue weighted by molar-refractivity contribution is 5.90. The highest BCUT2D eigenvalue weighted by Crippen LogP contribution is 2.46. The number of hydrogen-bond donors (Lipinski definition) is 2. The number of carbonyl (C=O) groups excluding carboxylic acids is 2. The van der Waals surface area contributed by atoms with Gasteiger partial charge in [0, 0.05) is 0 Å². The molecule has 4 rings (SSSR count). The highest BCUT2D eigenvalue weighted by Gasteiger charge is 2.32. The molecule has 0 saturated heterocycles. The van der Waals surface area contributed by atoms with E-state index in [0.29, 0.717) is 11.5 Å². The predicted octanol–water partition coefficient (Wildman–Crippen LogP) is 7.53. The number of aliphatic hydroxyl groups is 2. The van der Waals surface area contributed by atoms with Crippen LogP contribution in [0.2, 0.25) is 0 Å². The molecule has 2 aliphatic carbocycles. The van der Waals surface area contributed by atoms with Crippen molar-refractivity contribution in [2.45, 2.75) is 83.5 Å². The fourth-order valence-corrected chi connectivity index (χ4v) is 6.68. The lowest BCUT2D eigenvalue weighted by Crippen LogP contribution is -2.25. The van der Waals surface area contributed by atoms with Crippen LogP contribution in [0.25, 0.3) is 11.1 Å². The van der Waals surface area contributed by atoms with Gasteiger partial charge >= 0.3 is 11.9 Å². The number of ether oxygens (including phenoxy) is 2. The second kappa shape index (κ2) is 15.3. The number of carbonyl (C=O) groups is 2. The molecule has 6 nitrogen and oxygen atoms in total. The van der Waals surface area contributed by atoms with Crippen molar-refractivity contribution in [3.8, 4) is 22.6 Å². The summed E-state index contributed by atoms with van der Waals surface area (Å²) >= 11 is 0. The maximum Gasteiger partial charge on any atom is 0.341 e. The Morgan fingerprint density at radius 3 is 1.88 bits per heavy atom. The van der Waals surface area contributed by atoms with Crippen molar-refractivity contribution in [3.05, 3.63) is 72.3 Å². The van der Waals surface area contributed by atoms with Gasteiger partial charge in [-0.2, -0.15) is 0 Å². The van der Waals surface area contributed by atoms with Gasteiger partial charge in [0.2, 0.25) is 0 Å². The Hall–Kier alpha value is -3.22. The Morgan fingerprint density at radius 1 is 0.762 bits per heavy atom.